The maximum Gasteiger partial charge on any atom is 0.265 e. The van der Waals surface area contributed by atoms with Gasteiger partial charge in [-0.15, -0.1) is 0 Å². The lowest BCUT2D eigenvalue weighted by Gasteiger charge is -1.99. The molecule has 0 amide bonds. The van der Waals surface area contributed by atoms with Crippen molar-refractivity contribution in [2.24, 2.45) is 0 Å². The van der Waals surface area contributed by atoms with Crippen molar-refractivity contribution >= 4 is 10.1 Å². The minimum Gasteiger partial charge on any atom is -0.286 e. The Morgan fingerprint density at radius 1 is 1.07 bits per heavy atom. The smallest absolute Gasteiger partial charge is 0.265 e. The van der Waals surface area contributed by atoms with Gasteiger partial charge in [0.15, 0.2) is 0 Å². The summed E-state index contributed by atoms with van der Waals surface area (Å²) in [4.78, 5) is 0. The summed E-state index contributed by atoms with van der Waals surface area (Å²) in [5.41, 5.74) is 0.878. The average Bonchev–Trinajstić information content (AvgIpc) is 2.00. The minimum atomic E-state index is -3.86. The summed E-state index contributed by atoms with van der Waals surface area (Å²) in [7, 11) is -3.86. The van der Waals surface area contributed by atoms with Crippen LogP contribution in [0.15, 0.2) is 48.1 Å². The first-order valence-corrected chi connectivity index (χ1v) is 5.84. The highest BCUT2D eigenvalue weighted by Gasteiger charge is 2.04. The monoisotopic (exact) mass is 212 g/mol. The Morgan fingerprint density at radius 3 is 2.43 bits per heavy atom. The highest BCUT2D eigenvalue weighted by molar-refractivity contribution is 7.85. The lowest BCUT2D eigenvalue weighted by molar-refractivity contribution is 0.483. The van der Waals surface area contributed by atoms with E-state index in [9.17, 15) is 8.42 Å². The van der Waals surface area contributed by atoms with Crippen molar-refractivity contribution in [3.8, 4) is 0 Å². The van der Waals surface area contributed by atoms with Crippen LogP contribution in [-0.4, -0.2) is 18.7 Å². The zero-order chi connectivity index (χ0) is 10.4. The summed E-state index contributed by atoms with van der Waals surface area (Å²) < 4.78 is 29.6. The summed E-state index contributed by atoms with van der Waals surface area (Å²) in [5, 5.41) is 0. The fourth-order valence-corrected chi connectivity index (χ4v) is 1.51. The van der Waals surface area contributed by atoms with Gasteiger partial charge in [-0.05, 0) is 12.0 Å². The van der Waals surface area contributed by atoms with Crippen LogP contribution in [0.1, 0.15) is 6.42 Å². The molecule has 0 fully saturated rings. The third-order valence-corrected chi connectivity index (χ3v) is 2.43. The van der Waals surface area contributed by atoms with Crippen LogP contribution in [0.5, 0.6) is 0 Å². The number of allylic oxidation sites excluding steroid dienone is 8. The summed E-state index contributed by atoms with van der Waals surface area (Å²) in [6, 6.07) is 0. The first-order valence-electron chi connectivity index (χ1n) is 4.24. The fourth-order valence-electron chi connectivity index (χ4n) is 1.02. The zero-order valence-electron chi connectivity index (χ0n) is 7.63. The van der Waals surface area contributed by atoms with Gasteiger partial charge >= 0.3 is 0 Å². The summed E-state index contributed by atoms with van der Waals surface area (Å²) in [6.45, 7) is 0. The molecule has 0 aromatic rings. The molecule has 1 aliphatic rings. The molecule has 0 bridgehead atoms. The van der Waals surface area contributed by atoms with Crippen LogP contribution >= 0.6 is 0 Å². The molecule has 0 aliphatic heterocycles. The average molecular weight is 212 g/mol. The Hall–Kier alpha value is -1.13. The Kier molecular flexibility index (Phi) is 3.85. The highest BCUT2D eigenvalue weighted by Crippen LogP contribution is 2.07. The van der Waals surface area contributed by atoms with Crippen LogP contribution in [0.25, 0.3) is 0 Å². The van der Waals surface area contributed by atoms with Gasteiger partial charge in [-0.3, -0.25) is 4.55 Å². The molecular formula is C10H12O3S. The van der Waals surface area contributed by atoms with E-state index >= 15 is 0 Å². The molecule has 76 valence electrons. The minimum absolute atomic E-state index is 0.235. The van der Waals surface area contributed by atoms with Crippen LogP contribution < -0.4 is 0 Å². The third-order valence-electron chi connectivity index (χ3n) is 1.71. The third kappa shape index (κ3) is 4.79. The Balaban J connectivity index is 2.60. The van der Waals surface area contributed by atoms with Crippen molar-refractivity contribution in [3.63, 3.8) is 0 Å². The van der Waals surface area contributed by atoms with E-state index in [0.717, 1.165) is 5.57 Å². The van der Waals surface area contributed by atoms with E-state index in [1.165, 1.54) is 0 Å². The van der Waals surface area contributed by atoms with Gasteiger partial charge in [0, 0.05) is 0 Å². The second-order valence-corrected chi connectivity index (χ2v) is 4.48. The number of hydrogen-bond donors (Lipinski definition) is 1. The van der Waals surface area contributed by atoms with Gasteiger partial charge in [-0.1, -0.05) is 42.5 Å². The summed E-state index contributed by atoms with van der Waals surface area (Å²) in [5.74, 6) is -0.235. The van der Waals surface area contributed by atoms with Crippen molar-refractivity contribution in [3.05, 3.63) is 48.1 Å². The van der Waals surface area contributed by atoms with E-state index in [0.29, 0.717) is 6.42 Å². The van der Waals surface area contributed by atoms with Crippen LogP contribution in [0.4, 0.5) is 0 Å². The molecule has 0 aromatic carbocycles. The maximum absolute atomic E-state index is 10.5. The molecule has 0 unspecified atom stereocenters. The molecule has 1 rings (SSSR count). The largest absolute Gasteiger partial charge is 0.286 e. The van der Waals surface area contributed by atoms with Gasteiger partial charge in [0.25, 0.3) is 10.1 Å². The Labute approximate surface area is 83.9 Å². The molecule has 0 saturated heterocycles. The molecule has 1 N–H and O–H groups in total. The molecule has 0 saturated carbocycles. The molecule has 0 atom stereocenters. The topological polar surface area (TPSA) is 54.4 Å². The van der Waals surface area contributed by atoms with Gasteiger partial charge in [0.05, 0.1) is 5.75 Å². The van der Waals surface area contributed by atoms with Gasteiger partial charge in [0.1, 0.15) is 0 Å². The summed E-state index contributed by atoms with van der Waals surface area (Å²) >= 11 is 0. The predicted octanol–water partition coefficient (Wildman–Crippen LogP) is 1.87. The SMILES string of the molecule is O=S(=O)(O)CCC1=CC=CC=CC=C1. The van der Waals surface area contributed by atoms with Gasteiger partial charge in [-0.25, -0.2) is 0 Å². The lowest BCUT2D eigenvalue weighted by Crippen LogP contribution is -2.04. The van der Waals surface area contributed by atoms with E-state index < -0.39 is 10.1 Å². The molecule has 14 heavy (non-hydrogen) atoms. The van der Waals surface area contributed by atoms with Crippen molar-refractivity contribution in [1.82, 2.24) is 0 Å². The normalized spacial score (nSPS) is 16.2. The van der Waals surface area contributed by atoms with Crippen molar-refractivity contribution in [1.29, 1.82) is 0 Å². The maximum atomic E-state index is 10.5. The number of hydrogen-bond acceptors (Lipinski definition) is 2. The lowest BCUT2D eigenvalue weighted by atomic mass is 10.1. The second kappa shape index (κ2) is 4.93. The highest BCUT2D eigenvalue weighted by atomic mass is 32.2. The molecule has 0 heterocycles. The van der Waals surface area contributed by atoms with E-state index in [2.05, 4.69) is 0 Å². The molecule has 0 radical (unpaired) electrons. The van der Waals surface area contributed by atoms with Crippen LogP contribution in [0.2, 0.25) is 0 Å². The second-order valence-electron chi connectivity index (χ2n) is 2.91. The van der Waals surface area contributed by atoms with Crippen molar-refractivity contribution < 1.29 is 13.0 Å². The molecule has 4 heteroatoms. The summed E-state index contributed by atoms with van der Waals surface area (Å²) in [6.07, 6.45) is 13.2. The van der Waals surface area contributed by atoms with E-state index in [-0.39, 0.29) is 5.75 Å². The fraction of sp³-hybridized carbons (Fsp3) is 0.200. The van der Waals surface area contributed by atoms with Gasteiger partial charge in [-0.2, -0.15) is 8.42 Å². The predicted molar refractivity (Wildman–Crippen MR) is 56.5 cm³/mol. The standard InChI is InChI=1S/C10H12O3S/c11-14(12,13)9-8-10-6-4-2-1-3-5-7-10/h1-7H,8-9H2,(H,11,12,13). The first-order chi connectivity index (χ1) is 6.58. The Bertz CT molecular complexity index is 397. The van der Waals surface area contributed by atoms with Crippen LogP contribution in [0, 0.1) is 0 Å². The zero-order valence-corrected chi connectivity index (χ0v) is 8.44. The molecule has 0 spiro atoms. The van der Waals surface area contributed by atoms with E-state index in [1.54, 1.807) is 0 Å². The molecule has 1 aliphatic carbocycles. The van der Waals surface area contributed by atoms with Crippen LogP contribution in [0.3, 0.4) is 0 Å². The van der Waals surface area contributed by atoms with Crippen molar-refractivity contribution in [2.75, 3.05) is 5.75 Å². The van der Waals surface area contributed by atoms with E-state index in [1.807, 2.05) is 42.5 Å². The van der Waals surface area contributed by atoms with Gasteiger partial charge in [0.2, 0.25) is 0 Å². The van der Waals surface area contributed by atoms with E-state index in [4.69, 9.17) is 4.55 Å². The van der Waals surface area contributed by atoms with Crippen LogP contribution in [-0.2, 0) is 10.1 Å². The Morgan fingerprint density at radius 2 is 1.71 bits per heavy atom. The van der Waals surface area contributed by atoms with Crippen molar-refractivity contribution in [2.45, 2.75) is 6.42 Å². The molecular weight excluding hydrogens is 200 g/mol. The van der Waals surface area contributed by atoms with Gasteiger partial charge < -0.3 is 0 Å². The quantitative estimate of drug-likeness (QED) is 0.727. The molecule has 3 nitrogen and oxygen atoms in total. The number of rotatable bonds is 3. The molecule has 0 aromatic heterocycles. The first kappa shape index (κ1) is 10.9.